The summed E-state index contributed by atoms with van der Waals surface area (Å²) in [7, 11) is -3.95. The Morgan fingerprint density at radius 3 is 1.80 bits per heavy atom. The monoisotopic (exact) mass is 715 g/mol. The predicted molar refractivity (Wildman–Crippen MR) is 166 cm³/mol. The van der Waals surface area contributed by atoms with Gasteiger partial charge in [0.05, 0.1) is 30.5 Å². The van der Waals surface area contributed by atoms with E-state index >= 15 is 0 Å². The molecule has 0 bridgehead atoms. The molecule has 2 aromatic carbocycles. The van der Waals surface area contributed by atoms with Crippen molar-refractivity contribution in [2.24, 2.45) is 0 Å². The molecule has 3 aromatic heterocycles. The minimum absolute atomic E-state index is 0.0220. The molecular formula is C34H23F6N3O6S. The predicted octanol–water partition coefficient (Wildman–Crippen LogP) is 7.61. The van der Waals surface area contributed by atoms with Crippen LogP contribution in [0, 0.1) is 0 Å². The summed E-state index contributed by atoms with van der Waals surface area (Å²) in [5.41, 5.74) is -1.65. The van der Waals surface area contributed by atoms with E-state index in [1.165, 1.54) is 48.9 Å². The minimum atomic E-state index is -5.69. The Labute approximate surface area is 279 Å². The molecule has 0 aliphatic carbocycles. The van der Waals surface area contributed by atoms with E-state index in [9.17, 15) is 44.3 Å². The highest BCUT2D eigenvalue weighted by molar-refractivity contribution is 7.90. The van der Waals surface area contributed by atoms with Gasteiger partial charge >= 0.3 is 12.4 Å². The fourth-order valence-electron chi connectivity index (χ4n) is 5.48. The van der Waals surface area contributed by atoms with Crippen molar-refractivity contribution in [2.45, 2.75) is 29.5 Å². The van der Waals surface area contributed by atoms with Gasteiger partial charge in [0, 0.05) is 22.9 Å². The molecule has 0 amide bonds. The molecule has 0 fully saturated rings. The molecule has 258 valence electrons. The molecule has 0 saturated carbocycles. The van der Waals surface area contributed by atoms with Crippen LogP contribution in [-0.2, 0) is 14.6 Å². The second kappa shape index (κ2) is 12.8. The van der Waals surface area contributed by atoms with Crippen LogP contribution >= 0.6 is 0 Å². The normalized spacial score (nSPS) is 16.3. The molecule has 16 heteroatoms. The SMILES string of the molecule is CS(=O)(=O)c1ccc(N2C(C(F)(F)F)=CC(c3ccc(-c4ccco4)cc3)N2C(C(=O)c2ccc(-c3ccco3)cc2)C(=O)C(F)(F)F)cn1. The molecule has 0 radical (unpaired) electrons. The maximum absolute atomic E-state index is 14.8. The van der Waals surface area contributed by atoms with Crippen LogP contribution in [-0.4, -0.2) is 54.6 Å². The smallest absolute Gasteiger partial charge is 0.452 e. The Morgan fingerprint density at radius 2 is 1.36 bits per heavy atom. The van der Waals surface area contributed by atoms with E-state index in [0.717, 1.165) is 30.5 Å². The number of aromatic nitrogens is 1. The van der Waals surface area contributed by atoms with Gasteiger partial charge in [0.2, 0.25) is 0 Å². The van der Waals surface area contributed by atoms with E-state index in [2.05, 4.69) is 4.98 Å². The summed E-state index contributed by atoms with van der Waals surface area (Å²) in [6, 6.07) is 14.0. The summed E-state index contributed by atoms with van der Waals surface area (Å²) in [4.78, 5) is 31.1. The molecule has 5 aromatic rings. The number of ketones is 2. The van der Waals surface area contributed by atoms with Crippen molar-refractivity contribution in [3.63, 3.8) is 0 Å². The van der Waals surface area contributed by atoms with E-state index in [1.807, 2.05) is 0 Å². The Balaban J connectivity index is 1.54. The van der Waals surface area contributed by atoms with E-state index < -0.39 is 67.8 Å². The van der Waals surface area contributed by atoms with E-state index in [0.29, 0.717) is 39.9 Å². The number of sulfone groups is 1. The Hall–Kier alpha value is -5.48. The van der Waals surface area contributed by atoms with Crippen molar-refractivity contribution < 1.29 is 53.2 Å². The number of hydrogen-bond donors (Lipinski definition) is 0. The number of allylic oxidation sites excluding steroid dienone is 1. The van der Waals surface area contributed by atoms with Crippen LogP contribution in [0.4, 0.5) is 32.0 Å². The molecule has 2 unspecified atom stereocenters. The first-order valence-corrected chi connectivity index (χ1v) is 16.4. The van der Waals surface area contributed by atoms with Crippen molar-refractivity contribution in [3.8, 4) is 22.6 Å². The van der Waals surface area contributed by atoms with Crippen LogP contribution in [0.3, 0.4) is 0 Å². The molecule has 50 heavy (non-hydrogen) atoms. The van der Waals surface area contributed by atoms with Crippen LogP contribution in [0.2, 0.25) is 0 Å². The van der Waals surface area contributed by atoms with Crippen LogP contribution < -0.4 is 5.01 Å². The molecule has 6 rings (SSSR count). The number of carbonyl (C=O) groups excluding carboxylic acids is 2. The molecule has 0 spiro atoms. The average molecular weight is 716 g/mol. The first-order chi connectivity index (χ1) is 23.5. The second-order valence-electron chi connectivity index (χ2n) is 11.1. The number of Topliss-reactive ketones (excluding diaryl/α,β-unsaturated/α-hetero) is 2. The summed E-state index contributed by atoms with van der Waals surface area (Å²) < 4.78 is 122. The van der Waals surface area contributed by atoms with Crippen molar-refractivity contribution in [3.05, 3.63) is 127 Å². The van der Waals surface area contributed by atoms with Crippen LogP contribution in [0.25, 0.3) is 22.6 Å². The summed E-state index contributed by atoms with van der Waals surface area (Å²) >= 11 is 0. The number of halogens is 6. The molecular weight excluding hydrogens is 692 g/mol. The van der Waals surface area contributed by atoms with Crippen molar-refractivity contribution in [2.75, 3.05) is 11.3 Å². The van der Waals surface area contributed by atoms with Gasteiger partial charge in [0.15, 0.2) is 26.7 Å². The van der Waals surface area contributed by atoms with E-state index in [-0.39, 0.29) is 10.6 Å². The minimum Gasteiger partial charge on any atom is -0.464 e. The number of hydrogen-bond acceptors (Lipinski definition) is 9. The zero-order valence-corrected chi connectivity index (χ0v) is 26.3. The van der Waals surface area contributed by atoms with Gasteiger partial charge in [0.25, 0.3) is 5.78 Å². The lowest BCUT2D eigenvalue weighted by atomic mass is 9.95. The standard InChI is InChI=1S/C34H23F6N3O6S/c1-50(46,47)29-15-14-24(19-41-29)42-28(33(35,36)37)18-25(20-6-8-21(9-7-20)26-4-2-16-48-26)43(42)30(32(45)34(38,39)40)31(44)23-12-10-22(11-13-23)27-5-3-17-49-27/h2-19,25,30H,1H3. The van der Waals surface area contributed by atoms with Crippen LogP contribution in [0.1, 0.15) is 22.0 Å². The quantitative estimate of drug-likeness (QED) is 0.0865. The van der Waals surface area contributed by atoms with Gasteiger partial charge in [-0.05, 0) is 48.0 Å². The number of anilines is 1. The highest BCUT2D eigenvalue weighted by Gasteiger charge is 2.56. The summed E-state index contributed by atoms with van der Waals surface area (Å²) in [5.74, 6) is -3.35. The fraction of sp³-hybridized carbons (Fsp3) is 0.147. The highest BCUT2D eigenvalue weighted by Crippen LogP contribution is 2.46. The maximum atomic E-state index is 14.8. The lowest BCUT2D eigenvalue weighted by Gasteiger charge is -2.40. The van der Waals surface area contributed by atoms with Crippen molar-refractivity contribution in [1.29, 1.82) is 0 Å². The molecule has 1 aliphatic rings. The third-order valence-corrected chi connectivity index (χ3v) is 8.77. The number of hydrazine groups is 1. The summed E-state index contributed by atoms with van der Waals surface area (Å²) in [5, 5.41) is 0.0962. The maximum Gasteiger partial charge on any atom is 0.452 e. The van der Waals surface area contributed by atoms with Crippen molar-refractivity contribution >= 4 is 27.1 Å². The molecule has 0 N–H and O–H groups in total. The van der Waals surface area contributed by atoms with Gasteiger partial charge < -0.3 is 8.83 Å². The lowest BCUT2D eigenvalue weighted by Crippen LogP contribution is -2.57. The Morgan fingerprint density at radius 1 is 0.800 bits per heavy atom. The largest absolute Gasteiger partial charge is 0.464 e. The van der Waals surface area contributed by atoms with E-state index in [1.54, 1.807) is 24.3 Å². The summed E-state index contributed by atoms with van der Waals surface area (Å²) in [6.07, 6.45) is -6.10. The lowest BCUT2D eigenvalue weighted by molar-refractivity contribution is -0.175. The van der Waals surface area contributed by atoms with Crippen molar-refractivity contribution in [1.82, 2.24) is 9.99 Å². The van der Waals surface area contributed by atoms with Crippen LogP contribution in [0.15, 0.2) is 129 Å². The van der Waals surface area contributed by atoms with Crippen LogP contribution in [0.5, 0.6) is 0 Å². The van der Waals surface area contributed by atoms with Gasteiger partial charge in [-0.15, -0.1) is 0 Å². The third kappa shape index (κ3) is 6.71. The van der Waals surface area contributed by atoms with E-state index in [4.69, 9.17) is 8.83 Å². The number of alkyl halides is 6. The Kier molecular flexibility index (Phi) is 8.78. The number of rotatable bonds is 9. The molecule has 2 atom stereocenters. The average Bonchev–Trinajstić information content (AvgIpc) is 3.86. The van der Waals surface area contributed by atoms with Gasteiger partial charge in [-0.2, -0.15) is 31.4 Å². The van der Waals surface area contributed by atoms with Gasteiger partial charge in [-0.25, -0.2) is 13.4 Å². The number of benzene rings is 2. The van der Waals surface area contributed by atoms with Gasteiger partial charge in [-0.3, -0.25) is 14.6 Å². The number of carbonyl (C=O) groups is 2. The summed E-state index contributed by atoms with van der Waals surface area (Å²) in [6.45, 7) is 0. The third-order valence-electron chi connectivity index (χ3n) is 7.77. The molecule has 9 nitrogen and oxygen atoms in total. The first kappa shape index (κ1) is 34.4. The molecule has 1 aliphatic heterocycles. The zero-order valence-electron chi connectivity index (χ0n) is 25.5. The molecule has 0 saturated heterocycles. The number of pyridine rings is 1. The Bertz CT molecular complexity index is 2140. The zero-order chi connectivity index (χ0) is 36.0. The second-order valence-corrected chi connectivity index (χ2v) is 13.1. The topological polar surface area (TPSA) is 114 Å². The van der Waals surface area contributed by atoms with Gasteiger partial charge in [-0.1, -0.05) is 48.5 Å². The molecule has 4 heterocycles. The first-order valence-electron chi connectivity index (χ1n) is 14.5. The highest BCUT2D eigenvalue weighted by atomic mass is 32.2. The number of furan rings is 2. The fourth-order valence-corrected chi connectivity index (χ4v) is 6.04. The van der Waals surface area contributed by atoms with Gasteiger partial charge in [0.1, 0.15) is 17.2 Å². The number of nitrogens with zero attached hydrogens (tertiary/aromatic N) is 3.